The van der Waals surface area contributed by atoms with Gasteiger partial charge in [0.1, 0.15) is 0 Å². The van der Waals surface area contributed by atoms with Crippen molar-refractivity contribution >= 4 is 23.5 Å². The van der Waals surface area contributed by atoms with Crippen LogP contribution in [0.3, 0.4) is 0 Å². The van der Waals surface area contributed by atoms with Gasteiger partial charge in [0.05, 0.1) is 12.7 Å². The lowest BCUT2D eigenvalue weighted by Crippen LogP contribution is -2.33. The Balaban J connectivity index is 2.49. The van der Waals surface area contributed by atoms with Crippen molar-refractivity contribution in [1.82, 2.24) is 5.32 Å². The molecule has 3 N–H and O–H groups in total. The van der Waals surface area contributed by atoms with Gasteiger partial charge in [0.2, 0.25) is 0 Å². The number of amides is 3. The van der Waals surface area contributed by atoms with E-state index in [1.165, 1.54) is 4.90 Å². The summed E-state index contributed by atoms with van der Waals surface area (Å²) < 4.78 is 4.92. The molecular formula is C17H27N3O4. The lowest BCUT2D eigenvalue weighted by Gasteiger charge is -2.17. The zero-order chi connectivity index (χ0) is 18.1. The number of rotatable bonds is 7. The van der Waals surface area contributed by atoms with Crippen molar-refractivity contribution in [3.63, 3.8) is 0 Å². The predicted molar refractivity (Wildman–Crippen MR) is 94.4 cm³/mol. The summed E-state index contributed by atoms with van der Waals surface area (Å²) in [5, 5.41) is 14.8. The van der Waals surface area contributed by atoms with Crippen LogP contribution in [-0.2, 0) is 4.74 Å². The second-order valence-corrected chi connectivity index (χ2v) is 5.83. The Morgan fingerprint density at radius 3 is 2.42 bits per heavy atom. The maximum Gasteiger partial charge on any atom is 0.413 e. The molecule has 0 aromatic heterocycles. The number of hydrogen-bond acceptors (Lipinski definition) is 4. The van der Waals surface area contributed by atoms with Gasteiger partial charge in [0.25, 0.3) is 0 Å². The van der Waals surface area contributed by atoms with Crippen LogP contribution in [-0.4, -0.2) is 43.5 Å². The van der Waals surface area contributed by atoms with Gasteiger partial charge in [0.15, 0.2) is 0 Å². The van der Waals surface area contributed by atoms with Crippen molar-refractivity contribution in [2.45, 2.75) is 33.3 Å². The smallest absolute Gasteiger partial charge is 0.413 e. The molecule has 3 amide bonds. The molecule has 0 fully saturated rings. The molecule has 7 nitrogen and oxygen atoms in total. The molecule has 2 atom stereocenters. The van der Waals surface area contributed by atoms with E-state index in [1.807, 2.05) is 6.92 Å². The second kappa shape index (κ2) is 9.77. The van der Waals surface area contributed by atoms with Crippen LogP contribution in [0.1, 0.15) is 27.2 Å². The number of nitrogens with zero attached hydrogens (tertiary/aromatic N) is 1. The summed E-state index contributed by atoms with van der Waals surface area (Å²) in [5.74, 6) is 0.191. The number of urea groups is 1. The fraction of sp³-hybridized carbons (Fsp3) is 0.529. The minimum atomic E-state index is -0.428. The Labute approximate surface area is 143 Å². The van der Waals surface area contributed by atoms with Gasteiger partial charge >= 0.3 is 12.1 Å². The van der Waals surface area contributed by atoms with E-state index in [2.05, 4.69) is 10.6 Å². The molecule has 0 saturated heterocycles. The fourth-order valence-corrected chi connectivity index (χ4v) is 2.20. The van der Waals surface area contributed by atoms with Crippen LogP contribution < -0.4 is 15.5 Å². The van der Waals surface area contributed by atoms with Gasteiger partial charge in [-0.15, -0.1) is 0 Å². The summed E-state index contributed by atoms with van der Waals surface area (Å²) in [7, 11) is 1.62. The van der Waals surface area contributed by atoms with Gasteiger partial charge in [0, 0.05) is 25.0 Å². The maximum atomic E-state index is 11.8. The highest BCUT2D eigenvalue weighted by molar-refractivity contribution is 5.90. The third-order valence-corrected chi connectivity index (χ3v) is 3.41. The Kier molecular flexibility index (Phi) is 8.05. The van der Waals surface area contributed by atoms with Crippen molar-refractivity contribution < 1.29 is 19.4 Å². The first-order chi connectivity index (χ1) is 11.3. The summed E-state index contributed by atoms with van der Waals surface area (Å²) in [5.41, 5.74) is 1.29. The number of carbonyl (C=O) groups is 2. The van der Waals surface area contributed by atoms with Gasteiger partial charge < -0.3 is 20.5 Å². The van der Waals surface area contributed by atoms with E-state index < -0.39 is 6.09 Å². The molecule has 0 saturated carbocycles. The molecule has 0 unspecified atom stereocenters. The number of hydrogen-bond donors (Lipinski definition) is 3. The first-order valence-electron chi connectivity index (χ1n) is 8.07. The number of benzene rings is 1. The van der Waals surface area contributed by atoms with Crippen molar-refractivity contribution in [3.05, 3.63) is 24.3 Å². The van der Waals surface area contributed by atoms with E-state index in [1.54, 1.807) is 45.2 Å². The third kappa shape index (κ3) is 6.87. The first-order valence-corrected chi connectivity index (χ1v) is 8.07. The van der Waals surface area contributed by atoms with Gasteiger partial charge in [-0.05, 0) is 50.5 Å². The highest BCUT2D eigenvalue weighted by Gasteiger charge is 2.12. The monoisotopic (exact) mass is 337 g/mol. The maximum absolute atomic E-state index is 11.8. The quantitative estimate of drug-likeness (QED) is 0.713. The van der Waals surface area contributed by atoms with Crippen molar-refractivity contribution in [2.24, 2.45) is 5.92 Å². The van der Waals surface area contributed by atoms with Crippen LogP contribution >= 0.6 is 0 Å². The number of carbonyl (C=O) groups excluding carboxylic acids is 2. The second-order valence-electron chi connectivity index (χ2n) is 5.83. The van der Waals surface area contributed by atoms with Gasteiger partial charge in [-0.2, -0.15) is 0 Å². The summed E-state index contributed by atoms with van der Waals surface area (Å²) in [6.45, 7) is 6.24. The molecule has 1 rings (SSSR count). The number of aliphatic hydroxyl groups excluding tert-OH is 1. The van der Waals surface area contributed by atoms with Crippen LogP contribution in [0.2, 0.25) is 0 Å². The van der Waals surface area contributed by atoms with Crippen LogP contribution in [0.15, 0.2) is 24.3 Å². The number of aliphatic hydroxyl groups is 1. The minimum Gasteiger partial charge on any atom is -0.449 e. The summed E-state index contributed by atoms with van der Waals surface area (Å²) >= 11 is 0. The molecule has 134 valence electrons. The molecule has 1 aromatic rings. The zero-order valence-electron chi connectivity index (χ0n) is 14.7. The van der Waals surface area contributed by atoms with E-state index in [0.29, 0.717) is 30.9 Å². The van der Waals surface area contributed by atoms with Crippen LogP contribution in [0.25, 0.3) is 0 Å². The summed E-state index contributed by atoms with van der Waals surface area (Å²) in [4.78, 5) is 24.9. The Morgan fingerprint density at radius 2 is 1.88 bits per heavy atom. The molecule has 0 aliphatic carbocycles. The third-order valence-electron chi connectivity index (χ3n) is 3.41. The Bertz CT molecular complexity index is 531. The molecule has 7 heteroatoms. The summed E-state index contributed by atoms with van der Waals surface area (Å²) in [6, 6.07) is 6.57. The van der Waals surface area contributed by atoms with Crippen molar-refractivity contribution in [2.75, 3.05) is 30.4 Å². The van der Waals surface area contributed by atoms with E-state index in [9.17, 15) is 14.7 Å². The number of ether oxygens (including phenoxy) is 1. The lowest BCUT2D eigenvalue weighted by atomic mass is 10.1. The van der Waals surface area contributed by atoms with Crippen LogP contribution in [0, 0.1) is 5.92 Å². The highest BCUT2D eigenvalue weighted by Crippen LogP contribution is 2.17. The van der Waals surface area contributed by atoms with Crippen LogP contribution in [0.5, 0.6) is 0 Å². The van der Waals surface area contributed by atoms with Crippen molar-refractivity contribution in [1.29, 1.82) is 0 Å². The predicted octanol–water partition coefficient (Wildman–Crippen LogP) is 2.81. The molecule has 0 radical (unpaired) electrons. The number of nitrogens with one attached hydrogen (secondary N) is 2. The average molecular weight is 337 g/mol. The lowest BCUT2D eigenvalue weighted by molar-refractivity contribution is 0.161. The largest absolute Gasteiger partial charge is 0.449 e. The topological polar surface area (TPSA) is 90.9 Å². The van der Waals surface area contributed by atoms with E-state index in [0.717, 1.165) is 0 Å². The Hall–Kier alpha value is -2.28. The Morgan fingerprint density at radius 1 is 1.25 bits per heavy atom. The number of anilines is 2. The average Bonchev–Trinajstić information content (AvgIpc) is 2.52. The fourth-order valence-electron chi connectivity index (χ4n) is 2.20. The normalized spacial score (nSPS) is 12.9. The molecule has 0 spiro atoms. The standard InChI is InChI=1S/C17H27N3O4/c1-5-24-17(23)20(4)15-8-6-14(7-9-15)19-16(22)18-11-12(2)10-13(3)21/h6-9,12-13,21H,5,10-11H2,1-4H3,(H2,18,19,22)/t12-,13+/m1/s1. The van der Waals surface area contributed by atoms with E-state index >= 15 is 0 Å². The highest BCUT2D eigenvalue weighted by atomic mass is 16.6. The zero-order valence-corrected chi connectivity index (χ0v) is 14.7. The molecule has 0 heterocycles. The first kappa shape index (κ1) is 19.8. The molecule has 1 aromatic carbocycles. The SMILES string of the molecule is CCOC(=O)N(C)c1ccc(NC(=O)NC[C@H](C)C[C@H](C)O)cc1. The van der Waals surface area contributed by atoms with Gasteiger partial charge in [-0.25, -0.2) is 9.59 Å². The molecular weight excluding hydrogens is 310 g/mol. The van der Waals surface area contributed by atoms with Gasteiger partial charge in [-0.1, -0.05) is 6.92 Å². The van der Waals surface area contributed by atoms with E-state index in [4.69, 9.17) is 4.74 Å². The molecule has 0 bridgehead atoms. The molecule has 0 aliphatic heterocycles. The van der Waals surface area contributed by atoms with Crippen molar-refractivity contribution in [3.8, 4) is 0 Å². The van der Waals surface area contributed by atoms with E-state index in [-0.39, 0.29) is 18.1 Å². The summed E-state index contributed by atoms with van der Waals surface area (Å²) in [6.07, 6.45) is -0.174. The minimum absolute atomic E-state index is 0.191. The molecule has 24 heavy (non-hydrogen) atoms. The van der Waals surface area contributed by atoms with Crippen LogP contribution in [0.4, 0.5) is 21.0 Å². The molecule has 0 aliphatic rings. The van der Waals surface area contributed by atoms with Gasteiger partial charge in [-0.3, -0.25) is 4.90 Å².